The zero-order valence-electron chi connectivity index (χ0n) is 10.8. The van der Waals surface area contributed by atoms with Gasteiger partial charge >= 0.3 is 0 Å². The molecule has 1 aromatic rings. The van der Waals surface area contributed by atoms with Crippen LogP contribution in [-0.2, 0) is 16.0 Å². The number of nitrogens with one attached hydrogen (secondary N) is 1. The number of piperazine rings is 1. The first-order valence-corrected chi connectivity index (χ1v) is 6.50. The number of amides is 2. The predicted octanol–water partition coefficient (Wildman–Crippen LogP) is -0.238. The summed E-state index contributed by atoms with van der Waals surface area (Å²) in [6.45, 7) is 1.53. The molecule has 2 rings (SSSR count). The summed E-state index contributed by atoms with van der Waals surface area (Å²) < 4.78 is 0. The first kappa shape index (κ1) is 13.5. The molecule has 3 N–H and O–H groups in total. The van der Waals surface area contributed by atoms with E-state index in [-0.39, 0.29) is 24.3 Å². The molecule has 1 atom stereocenters. The Morgan fingerprint density at radius 1 is 1.37 bits per heavy atom. The first-order chi connectivity index (χ1) is 9.20. The van der Waals surface area contributed by atoms with Crippen molar-refractivity contribution in [2.45, 2.75) is 6.42 Å². The quantitative estimate of drug-likeness (QED) is 0.785. The summed E-state index contributed by atoms with van der Waals surface area (Å²) in [5.41, 5.74) is 6.81. The largest absolute Gasteiger partial charge is 0.353 e. The molecule has 5 heteroatoms. The molecule has 102 valence electrons. The summed E-state index contributed by atoms with van der Waals surface area (Å²) in [5.74, 6) is -0.385. The van der Waals surface area contributed by atoms with E-state index < -0.39 is 0 Å². The van der Waals surface area contributed by atoms with E-state index in [1.54, 1.807) is 4.90 Å². The molecule has 0 radical (unpaired) electrons. The van der Waals surface area contributed by atoms with E-state index >= 15 is 0 Å². The molecular weight excluding hydrogens is 242 g/mol. The highest BCUT2D eigenvalue weighted by molar-refractivity contribution is 5.87. The third-order valence-electron chi connectivity index (χ3n) is 3.31. The Labute approximate surface area is 112 Å². The van der Waals surface area contributed by atoms with Crippen LogP contribution in [0.25, 0.3) is 0 Å². The number of carbonyl (C=O) groups is 2. The van der Waals surface area contributed by atoms with Crippen molar-refractivity contribution >= 4 is 11.8 Å². The van der Waals surface area contributed by atoms with Gasteiger partial charge in [0.25, 0.3) is 0 Å². The fraction of sp³-hybridized carbons (Fsp3) is 0.429. The normalized spacial score (nSPS) is 16.9. The van der Waals surface area contributed by atoms with Crippen LogP contribution in [0.15, 0.2) is 30.3 Å². The molecule has 1 heterocycles. The third-order valence-corrected chi connectivity index (χ3v) is 3.31. The predicted molar refractivity (Wildman–Crippen MR) is 72.3 cm³/mol. The molecule has 2 amide bonds. The maximum absolute atomic E-state index is 12.3. The lowest BCUT2D eigenvalue weighted by Crippen LogP contribution is -2.52. The van der Waals surface area contributed by atoms with Crippen molar-refractivity contribution in [3.8, 4) is 0 Å². The second-order valence-corrected chi connectivity index (χ2v) is 4.73. The number of benzene rings is 1. The third kappa shape index (κ3) is 3.54. The molecule has 1 saturated heterocycles. The van der Waals surface area contributed by atoms with Gasteiger partial charge in [0.05, 0.1) is 12.5 Å². The highest BCUT2D eigenvalue weighted by Gasteiger charge is 2.27. The SMILES string of the molecule is NCC(Cc1ccccc1)C(=O)N1CCNC(=O)C1. The zero-order valence-corrected chi connectivity index (χ0v) is 10.8. The Kier molecular flexibility index (Phi) is 4.52. The molecule has 1 aliphatic rings. The molecule has 0 bridgehead atoms. The van der Waals surface area contributed by atoms with Crippen molar-refractivity contribution in [3.05, 3.63) is 35.9 Å². The monoisotopic (exact) mass is 261 g/mol. The Hall–Kier alpha value is -1.88. The van der Waals surface area contributed by atoms with Crippen molar-refractivity contribution in [2.24, 2.45) is 11.7 Å². The number of rotatable bonds is 4. The van der Waals surface area contributed by atoms with E-state index in [0.717, 1.165) is 5.56 Å². The second kappa shape index (κ2) is 6.33. The fourth-order valence-electron chi connectivity index (χ4n) is 2.25. The Morgan fingerprint density at radius 3 is 2.74 bits per heavy atom. The highest BCUT2D eigenvalue weighted by atomic mass is 16.2. The van der Waals surface area contributed by atoms with E-state index in [1.165, 1.54) is 0 Å². The van der Waals surface area contributed by atoms with Crippen LogP contribution in [0.1, 0.15) is 5.56 Å². The van der Waals surface area contributed by atoms with Crippen LogP contribution in [0.2, 0.25) is 0 Å². The van der Waals surface area contributed by atoms with E-state index in [1.807, 2.05) is 30.3 Å². The molecule has 1 aromatic carbocycles. The number of nitrogens with zero attached hydrogens (tertiary/aromatic N) is 1. The summed E-state index contributed by atoms with van der Waals surface area (Å²) in [6.07, 6.45) is 0.619. The van der Waals surface area contributed by atoms with Crippen molar-refractivity contribution in [3.63, 3.8) is 0 Å². The van der Waals surface area contributed by atoms with Crippen molar-refractivity contribution < 1.29 is 9.59 Å². The van der Waals surface area contributed by atoms with E-state index in [2.05, 4.69) is 5.32 Å². The molecule has 1 unspecified atom stereocenters. The average molecular weight is 261 g/mol. The molecule has 1 aliphatic heterocycles. The van der Waals surface area contributed by atoms with Crippen LogP contribution in [-0.4, -0.2) is 42.9 Å². The summed E-state index contributed by atoms with van der Waals surface area (Å²) in [7, 11) is 0. The second-order valence-electron chi connectivity index (χ2n) is 4.73. The molecule has 0 spiro atoms. The molecule has 0 aromatic heterocycles. The van der Waals surface area contributed by atoms with Crippen molar-refractivity contribution in [1.82, 2.24) is 10.2 Å². The van der Waals surface area contributed by atoms with Gasteiger partial charge in [0.2, 0.25) is 11.8 Å². The fourth-order valence-corrected chi connectivity index (χ4v) is 2.25. The number of hydrogen-bond donors (Lipinski definition) is 2. The smallest absolute Gasteiger partial charge is 0.239 e. The van der Waals surface area contributed by atoms with Gasteiger partial charge in [-0.05, 0) is 12.0 Å². The minimum atomic E-state index is -0.256. The highest BCUT2D eigenvalue weighted by Crippen LogP contribution is 2.11. The topological polar surface area (TPSA) is 75.4 Å². The summed E-state index contributed by atoms with van der Waals surface area (Å²) in [6, 6.07) is 9.80. The van der Waals surface area contributed by atoms with Gasteiger partial charge in [0.1, 0.15) is 0 Å². The molecular formula is C14H19N3O2. The van der Waals surface area contributed by atoms with Gasteiger partial charge < -0.3 is 16.0 Å². The maximum Gasteiger partial charge on any atom is 0.239 e. The van der Waals surface area contributed by atoms with E-state index in [0.29, 0.717) is 26.1 Å². The lowest BCUT2D eigenvalue weighted by molar-refractivity contribution is -0.141. The first-order valence-electron chi connectivity index (χ1n) is 6.50. The van der Waals surface area contributed by atoms with E-state index in [4.69, 9.17) is 5.73 Å². The molecule has 1 fully saturated rings. The van der Waals surface area contributed by atoms with Crippen LogP contribution in [0.5, 0.6) is 0 Å². The van der Waals surface area contributed by atoms with Crippen LogP contribution < -0.4 is 11.1 Å². The van der Waals surface area contributed by atoms with Crippen LogP contribution >= 0.6 is 0 Å². The zero-order chi connectivity index (χ0) is 13.7. The number of carbonyl (C=O) groups excluding carboxylic acids is 2. The van der Waals surface area contributed by atoms with E-state index in [9.17, 15) is 9.59 Å². The van der Waals surface area contributed by atoms with Gasteiger partial charge in [-0.1, -0.05) is 30.3 Å². The van der Waals surface area contributed by atoms with Crippen LogP contribution in [0.4, 0.5) is 0 Å². The standard InChI is InChI=1S/C14H19N3O2/c15-9-12(8-11-4-2-1-3-5-11)14(19)17-7-6-16-13(18)10-17/h1-5,12H,6-10,15H2,(H,16,18). The maximum atomic E-state index is 12.3. The van der Waals surface area contributed by atoms with Gasteiger partial charge in [-0.25, -0.2) is 0 Å². The molecule has 0 aliphatic carbocycles. The Bertz CT molecular complexity index is 447. The molecule has 19 heavy (non-hydrogen) atoms. The summed E-state index contributed by atoms with van der Waals surface area (Å²) in [5, 5.41) is 2.71. The minimum Gasteiger partial charge on any atom is -0.353 e. The minimum absolute atomic E-state index is 0.0267. The van der Waals surface area contributed by atoms with Gasteiger partial charge in [0, 0.05) is 19.6 Å². The summed E-state index contributed by atoms with van der Waals surface area (Å²) in [4.78, 5) is 25.3. The summed E-state index contributed by atoms with van der Waals surface area (Å²) >= 11 is 0. The lowest BCUT2D eigenvalue weighted by Gasteiger charge is -2.29. The molecule has 0 saturated carbocycles. The van der Waals surface area contributed by atoms with Gasteiger partial charge in [-0.3, -0.25) is 9.59 Å². The Morgan fingerprint density at radius 2 is 2.11 bits per heavy atom. The van der Waals surface area contributed by atoms with Crippen molar-refractivity contribution in [2.75, 3.05) is 26.2 Å². The Balaban J connectivity index is 2.00. The van der Waals surface area contributed by atoms with Gasteiger partial charge in [-0.15, -0.1) is 0 Å². The lowest BCUT2D eigenvalue weighted by atomic mass is 9.97. The molecule has 5 nitrogen and oxygen atoms in total. The van der Waals surface area contributed by atoms with Crippen LogP contribution in [0, 0.1) is 5.92 Å². The number of hydrogen-bond acceptors (Lipinski definition) is 3. The average Bonchev–Trinajstić information content (AvgIpc) is 2.45. The van der Waals surface area contributed by atoms with Gasteiger partial charge in [0.15, 0.2) is 0 Å². The van der Waals surface area contributed by atoms with Gasteiger partial charge in [-0.2, -0.15) is 0 Å². The number of nitrogens with two attached hydrogens (primary N) is 1. The van der Waals surface area contributed by atoms with Crippen LogP contribution in [0.3, 0.4) is 0 Å². The van der Waals surface area contributed by atoms with Crippen molar-refractivity contribution in [1.29, 1.82) is 0 Å².